The van der Waals surface area contributed by atoms with Gasteiger partial charge in [0.1, 0.15) is 5.82 Å². The van der Waals surface area contributed by atoms with Crippen LogP contribution in [-0.2, 0) is 11.3 Å². The second kappa shape index (κ2) is 9.12. The fourth-order valence-electron chi connectivity index (χ4n) is 4.10. The summed E-state index contributed by atoms with van der Waals surface area (Å²) in [6.45, 7) is 4.46. The normalized spacial score (nSPS) is 16.1. The molecule has 170 valence electrons. The number of para-hydroxylation sites is 1. The van der Waals surface area contributed by atoms with E-state index in [9.17, 15) is 9.18 Å². The van der Waals surface area contributed by atoms with Gasteiger partial charge in [-0.05, 0) is 73.1 Å². The summed E-state index contributed by atoms with van der Waals surface area (Å²) in [6.07, 6.45) is 1.91. The van der Waals surface area contributed by atoms with Gasteiger partial charge in [0.15, 0.2) is 5.17 Å². The lowest BCUT2D eigenvalue weighted by atomic mass is 10.1. The van der Waals surface area contributed by atoms with Crippen LogP contribution in [0, 0.1) is 19.7 Å². The lowest BCUT2D eigenvalue weighted by molar-refractivity contribution is -0.115. The SMILES string of the molecule is Cc1c(Cl)cccc1N=C1NC(=O)/C(=C/c2c(C)n(Cc3cccc(F)c3)c3ccccc23)S1. The molecule has 5 rings (SSSR count). The Morgan fingerprint density at radius 2 is 1.88 bits per heavy atom. The van der Waals surface area contributed by atoms with Gasteiger partial charge in [-0.3, -0.25) is 4.79 Å². The highest BCUT2D eigenvalue weighted by Gasteiger charge is 2.25. The zero-order valence-corrected chi connectivity index (χ0v) is 20.2. The van der Waals surface area contributed by atoms with Crippen molar-refractivity contribution in [3.05, 3.63) is 105 Å². The molecule has 1 saturated heterocycles. The number of nitrogens with zero attached hydrogens (tertiary/aromatic N) is 2. The summed E-state index contributed by atoms with van der Waals surface area (Å²) < 4.78 is 15.9. The van der Waals surface area contributed by atoms with E-state index in [1.165, 1.54) is 17.8 Å². The first-order chi connectivity index (χ1) is 16.4. The van der Waals surface area contributed by atoms with Gasteiger partial charge in [0.25, 0.3) is 5.91 Å². The number of benzene rings is 3. The first-order valence-corrected chi connectivity index (χ1v) is 12.0. The molecule has 0 unspecified atom stereocenters. The summed E-state index contributed by atoms with van der Waals surface area (Å²) in [7, 11) is 0. The minimum Gasteiger partial charge on any atom is -0.340 e. The number of thioether (sulfide) groups is 1. The van der Waals surface area contributed by atoms with Gasteiger partial charge in [-0.1, -0.05) is 48.0 Å². The van der Waals surface area contributed by atoms with Crippen LogP contribution < -0.4 is 5.32 Å². The third-order valence-electron chi connectivity index (χ3n) is 5.90. The van der Waals surface area contributed by atoms with Gasteiger partial charge >= 0.3 is 0 Å². The van der Waals surface area contributed by atoms with E-state index in [1.807, 2.05) is 68.5 Å². The van der Waals surface area contributed by atoms with Crippen LogP contribution in [0.4, 0.5) is 10.1 Å². The molecule has 1 aromatic heterocycles. The van der Waals surface area contributed by atoms with Gasteiger partial charge in [0.2, 0.25) is 0 Å². The molecule has 3 aromatic carbocycles. The molecule has 1 aliphatic heterocycles. The highest BCUT2D eigenvalue weighted by molar-refractivity contribution is 8.18. The van der Waals surface area contributed by atoms with E-state index in [1.54, 1.807) is 12.1 Å². The second-order valence-electron chi connectivity index (χ2n) is 8.10. The molecule has 0 radical (unpaired) electrons. The minimum absolute atomic E-state index is 0.190. The van der Waals surface area contributed by atoms with Crippen molar-refractivity contribution in [2.45, 2.75) is 20.4 Å². The molecule has 0 spiro atoms. The predicted octanol–water partition coefficient (Wildman–Crippen LogP) is 6.99. The lowest BCUT2D eigenvalue weighted by Gasteiger charge is -2.09. The Morgan fingerprint density at radius 1 is 1.09 bits per heavy atom. The average Bonchev–Trinajstić information content (AvgIpc) is 3.29. The molecular formula is C27H21ClFN3OS. The molecule has 2 heterocycles. The number of nitrogens with one attached hydrogen (secondary N) is 1. The van der Waals surface area contributed by atoms with E-state index >= 15 is 0 Å². The van der Waals surface area contributed by atoms with Crippen molar-refractivity contribution in [3.8, 4) is 0 Å². The molecule has 1 amide bonds. The van der Waals surface area contributed by atoms with Gasteiger partial charge in [0, 0.05) is 33.7 Å². The first-order valence-electron chi connectivity index (χ1n) is 10.8. The fraction of sp³-hybridized carbons (Fsp3) is 0.111. The van der Waals surface area contributed by atoms with Crippen molar-refractivity contribution in [3.63, 3.8) is 0 Å². The summed E-state index contributed by atoms with van der Waals surface area (Å²) in [5.74, 6) is -0.445. The standard InChI is InChI=1S/C27H21ClFN3OS/c1-16-22(28)10-6-11-23(16)30-27-31-26(33)25(34-27)14-21-17(2)32(24-12-4-3-9-20(21)24)15-18-7-5-8-19(29)13-18/h3-14H,15H2,1-2H3,(H,30,31,33)/b25-14-. The summed E-state index contributed by atoms with van der Waals surface area (Å²) in [6, 6.07) is 20.2. The molecule has 0 atom stereocenters. The number of rotatable bonds is 4. The number of carbonyl (C=O) groups is 1. The van der Waals surface area contributed by atoms with E-state index in [0.717, 1.165) is 39.0 Å². The number of hydrogen-bond acceptors (Lipinski definition) is 3. The molecular weight excluding hydrogens is 469 g/mol. The largest absolute Gasteiger partial charge is 0.340 e. The maximum atomic E-state index is 13.8. The molecule has 1 N–H and O–H groups in total. The Kier molecular flexibility index (Phi) is 6.02. The molecule has 4 nitrogen and oxygen atoms in total. The first kappa shape index (κ1) is 22.4. The Hall–Kier alpha value is -3.35. The molecule has 7 heteroatoms. The summed E-state index contributed by atoms with van der Waals surface area (Å²) >= 11 is 7.51. The van der Waals surface area contributed by atoms with Gasteiger partial charge in [-0.15, -0.1) is 0 Å². The number of amides is 1. The van der Waals surface area contributed by atoms with Crippen LogP contribution in [-0.4, -0.2) is 15.6 Å². The third-order valence-corrected chi connectivity index (χ3v) is 7.22. The van der Waals surface area contributed by atoms with Crippen LogP contribution in [0.15, 0.2) is 76.6 Å². The van der Waals surface area contributed by atoms with E-state index in [2.05, 4.69) is 14.9 Å². The number of halogens is 2. The minimum atomic E-state index is -0.255. The van der Waals surface area contributed by atoms with Crippen molar-refractivity contribution in [1.29, 1.82) is 0 Å². The van der Waals surface area contributed by atoms with Crippen LogP contribution in [0.1, 0.15) is 22.4 Å². The summed E-state index contributed by atoms with van der Waals surface area (Å²) in [5.41, 5.74) is 5.46. The van der Waals surface area contributed by atoms with Crippen LogP contribution in [0.3, 0.4) is 0 Å². The molecule has 0 aliphatic carbocycles. The predicted molar refractivity (Wildman–Crippen MR) is 139 cm³/mol. The zero-order valence-electron chi connectivity index (χ0n) is 18.6. The van der Waals surface area contributed by atoms with Crippen molar-refractivity contribution in [2.75, 3.05) is 0 Å². The maximum Gasteiger partial charge on any atom is 0.264 e. The molecule has 0 bridgehead atoms. The number of fused-ring (bicyclic) bond motifs is 1. The highest BCUT2D eigenvalue weighted by Crippen LogP contribution is 2.34. The van der Waals surface area contributed by atoms with Crippen molar-refractivity contribution >= 4 is 57.1 Å². The van der Waals surface area contributed by atoms with Crippen molar-refractivity contribution in [2.24, 2.45) is 4.99 Å². The number of amidine groups is 1. The summed E-state index contributed by atoms with van der Waals surface area (Å²) in [4.78, 5) is 17.9. The van der Waals surface area contributed by atoms with E-state index < -0.39 is 0 Å². The van der Waals surface area contributed by atoms with Gasteiger partial charge in [-0.25, -0.2) is 9.38 Å². The summed E-state index contributed by atoms with van der Waals surface area (Å²) in [5, 5.41) is 5.04. The fourth-order valence-corrected chi connectivity index (χ4v) is 5.09. The molecule has 0 saturated carbocycles. The topological polar surface area (TPSA) is 46.4 Å². The Labute approximate surface area is 206 Å². The van der Waals surface area contributed by atoms with Crippen LogP contribution in [0.2, 0.25) is 5.02 Å². The monoisotopic (exact) mass is 489 g/mol. The quantitative estimate of drug-likeness (QED) is 0.314. The van der Waals surface area contributed by atoms with E-state index in [-0.39, 0.29) is 11.7 Å². The highest BCUT2D eigenvalue weighted by atomic mass is 35.5. The van der Waals surface area contributed by atoms with Gasteiger partial charge < -0.3 is 9.88 Å². The van der Waals surface area contributed by atoms with Crippen molar-refractivity contribution < 1.29 is 9.18 Å². The smallest absolute Gasteiger partial charge is 0.264 e. The molecule has 1 aliphatic rings. The maximum absolute atomic E-state index is 13.8. The van der Waals surface area contributed by atoms with Crippen LogP contribution in [0.5, 0.6) is 0 Å². The third kappa shape index (κ3) is 4.27. The molecule has 34 heavy (non-hydrogen) atoms. The Morgan fingerprint density at radius 3 is 2.71 bits per heavy atom. The van der Waals surface area contributed by atoms with E-state index in [0.29, 0.717) is 21.6 Å². The van der Waals surface area contributed by atoms with Crippen LogP contribution >= 0.6 is 23.4 Å². The molecule has 4 aromatic rings. The van der Waals surface area contributed by atoms with Crippen molar-refractivity contribution in [1.82, 2.24) is 9.88 Å². The lowest BCUT2D eigenvalue weighted by Crippen LogP contribution is -2.19. The number of aliphatic imine (C=N–C) groups is 1. The molecule has 1 fully saturated rings. The average molecular weight is 490 g/mol. The van der Waals surface area contributed by atoms with Crippen LogP contribution in [0.25, 0.3) is 17.0 Å². The Bertz CT molecular complexity index is 1510. The Balaban J connectivity index is 1.53. The number of hydrogen-bond donors (Lipinski definition) is 1. The zero-order chi connectivity index (χ0) is 23.8. The van der Waals surface area contributed by atoms with Gasteiger partial charge in [0.05, 0.1) is 10.6 Å². The number of aromatic nitrogens is 1. The number of carbonyl (C=O) groups excluding carboxylic acids is 1. The van der Waals surface area contributed by atoms with Gasteiger partial charge in [-0.2, -0.15) is 0 Å². The second-order valence-corrected chi connectivity index (χ2v) is 9.54. The van der Waals surface area contributed by atoms with E-state index in [4.69, 9.17) is 11.6 Å².